The number of anilines is 1. The normalized spacial score (nSPS) is 23.0. The first-order chi connectivity index (χ1) is 11.7. The fourth-order valence-electron chi connectivity index (χ4n) is 4.30. The zero-order valence-electron chi connectivity index (χ0n) is 15.8. The number of ketones is 1. The van der Waals surface area contributed by atoms with Gasteiger partial charge in [0.05, 0.1) is 5.54 Å². The zero-order chi connectivity index (χ0) is 18.1. The quantitative estimate of drug-likeness (QED) is 0.710. The van der Waals surface area contributed by atoms with Gasteiger partial charge < -0.3 is 10.1 Å². The van der Waals surface area contributed by atoms with Crippen molar-refractivity contribution in [2.45, 2.75) is 59.1 Å². The number of carbonyl (C=O) groups excluding carboxylic acids is 1. The van der Waals surface area contributed by atoms with Crippen LogP contribution in [0.15, 0.2) is 24.3 Å². The van der Waals surface area contributed by atoms with E-state index in [2.05, 4.69) is 50.4 Å². The molecular weight excluding hydrogens is 310 g/mol. The first kappa shape index (κ1) is 16.2. The lowest BCUT2D eigenvalue weighted by Gasteiger charge is -2.39. The number of nitrogens with one attached hydrogen (secondary N) is 1. The van der Waals surface area contributed by atoms with Gasteiger partial charge in [0, 0.05) is 22.7 Å². The van der Waals surface area contributed by atoms with Crippen LogP contribution in [0.1, 0.15) is 62.0 Å². The lowest BCUT2D eigenvalue weighted by Crippen LogP contribution is -2.46. The Kier molecular flexibility index (Phi) is 3.31. The third-order valence-electron chi connectivity index (χ3n) is 5.77. The van der Waals surface area contributed by atoms with E-state index in [1.807, 2.05) is 20.8 Å². The lowest BCUT2D eigenvalue weighted by molar-refractivity contribution is -0.123. The second-order valence-corrected chi connectivity index (χ2v) is 8.02. The largest absolute Gasteiger partial charge is 0.485 e. The minimum atomic E-state index is -0.537. The fourth-order valence-corrected chi connectivity index (χ4v) is 4.30. The second kappa shape index (κ2) is 5.10. The van der Waals surface area contributed by atoms with Crippen LogP contribution >= 0.6 is 0 Å². The summed E-state index contributed by atoms with van der Waals surface area (Å²) in [5.74, 6) is 1.03. The summed E-state index contributed by atoms with van der Waals surface area (Å²) >= 11 is 0. The number of hydrogen-bond donors (Lipinski definition) is 1. The number of hydrogen-bond acceptors (Lipinski definition) is 3. The number of carbonyl (C=O) groups is 1. The summed E-state index contributed by atoms with van der Waals surface area (Å²) in [4.78, 5) is 12.8. The Labute approximate surface area is 149 Å². The molecule has 2 aromatic carbocycles. The number of Topliss-reactive ketones (excluding diaryl/α,β-unsaturated/α-hetero) is 1. The zero-order valence-corrected chi connectivity index (χ0v) is 15.8. The van der Waals surface area contributed by atoms with Gasteiger partial charge in [-0.2, -0.15) is 0 Å². The van der Waals surface area contributed by atoms with Gasteiger partial charge in [-0.05, 0) is 75.1 Å². The summed E-state index contributed by atoms with van der Waals surface area (Å²) in [6.07, 6.45) is -0.0715. The van der Waals surface area contributed by atoms with E-state index in [9.17, 15) is 4.79 Å². The van der Waals surface area contributed by atoms with Crippen molar-refractivity contribution in [3.8, 4) is 16.9 Å². The Balaban J connectivity index is 1.99. The molecule has 3 nitrogen and oxygen atoms in total. The summed E-state index contributed by atoms with van der Waals surface area (Å²) in [6.45, 7) is 12.2. The topological polar surface area (TPSA) is 38.3 Å². The molecule has 2 unspecified atom stereocenters. The highest BCUT2D eigenvalue weighted by molar-refractivity contribution is 6.01. The van der Waals surface area contributed by atoms with E-state index in [-0.39, 0.29) is 17.8 Å². The predicted octanol–water partition coefficient (Wildman–Crippen LogP) is 5.30. The third kappa shape index (κ3) is 2.21. The van der Waals surface area contributed by atoms with E-state index in [0.717, 1.165) is 28.1 Å². The summed E-state index contributed by atoms with van der Waals surface area (Å²) < 4.78 is 6.26. The average Bonchev–Trinajstić information content (AvgIpc) is 2.54. The van der Waals surface area contributed by atoms with Crippen LogP contribution < -0.4 is 10.1 Å². The van der Waals surface area contributed by atoms with Crippen molar-refractivity contribution < 1.29 is 9.53 Å². The molecule has 0 radical (unpaired) electrons. The molecule has 0 spiro atoms. The minimum Gasteiger partial charge on any atom is -0.485 e. The minimum absolute atomic E-state index is 0.0715. The highest BCUT2D eigenvalue weighted by atomic mass is 16.5. The maximum Gasteiger partial charge on any atom is 0.164 e. The van der Waals surface area contributed by atoms with Crippen LogP contribution in [0.25, 0.3) is 11.1 Å². The molecule has 2 aliphatic rings. The van der Waals surface area contributed by atoms with Gasteiger partial charge in [-0.3, -0.25) is 4.79 Å². The Hall–Kier alpha value is -2.29. The Morgan fingerprint density at radius 1 is 1.00 bits per heavy atom. The van der Waals surface area contributed by atoms with Crippen LogP contribution in [0.2, 0.25) is 0 Å². The molecule has 2 atom stereocenters. The van der Waals surface area contributed by atoms with E-state index >= 15 is 0 Å². The summed E-state index contributed by atoms with van der Waals surface area (Å²) in [5.41, 5.74) is 7.57. The van der Waals surface area contributed by atoms with E-state index in [1.165, 1.54) is 16.7 Å². The molecule has 4 rings (SSSR count). The molecule has 25 heavy (non-hydrogen) atoms. The van der Waals surface area contributed by atoms with E-state index in [4.69, 9.17) is 4.74 Å². The summed E-state index contributed by atoms with van der Waals surface area (Å²) in [6, 6.07) is 8.62. The molecule has 3 heteroatoms. The second-order valence-electron chi connectivity index (χ2n) is 8.02. The number of benzene rings is 2. The van der Waals surface area contributed by atoms with Crippen LogP contribution in [-0.2, 0) is 4.79 Å². The lowest BCUT2D eigenvalue weighted by atomic mass is 9.75. The van der Waals surface area contributed by atoms with Gasteiger partial charge >= 0.3 is 0 Å². The van der Waals surface area contributed by atoms with E-state index < -0.39 is 5.54 Å². The molecular formula is C22H25NO2. The van der Waals surface area contributed by atoms with Gasteiger partial charge in [0.15, 0.2) is 5.78 Å². The molecule has 0 fully saturated rings. The number of rotatable bonds is 0. The van der Waals surface area contributed by atoms with Crippen LogP contribution in [0.5, 0.6) is 5.75 Å². The van der Waals surface area contributed by atoms with Crippen molar-refractivity contribution >= 4 is 11.5 Å². The van der Waals surface area contributed by atoms with Crippen LogP contribution in [0, 0.1) is 13.8 Å². The molecule has 0 bridgehead atoms. The monoisotopic (exact) mass is 335 g/mol. The van der Waals surface area contributed by atoms with Crippen molar-refractivity contribution in [2.75, 3.05) is 5.32 Å². The van der Waals surface area contributed by atoms with Crippen molar-refractivity contribution in [2.24, 2.45) is 0 Å². The van der Waals surface area contributed by atoms with Gasteiger partial charge in [0.1, 0.15) is 11.9 Å². The average molecular weight is 335 g/mol. The van der Waals surface area contributed by atoms with Gasteiger partial charge in [0.25, 0.3) is 0 Å². The molecule has 2 heterocycles. The van der Waals surface area contributed by atoms with Crippen molar-refractivity contribution in [3.05, 3.63) is 46.5 Å². The van der Waals surface area contributed by atoms with Gasteiger partial charge in [-0.1, -0.05) is 13.0 Å². The maximum absolute atomic E-state index is 12.8. The van der Waals surface area contributed by atoms with Crippen molar-refractivity contribution in [3.63, 3.8) is 0 Å². The summed E-state index contributed by atoms with van der Waals surface area (Å²) in [5, 5.41) is 3.43. The van der Waals surface area contributed by atoms with Crippen LogP contribution in [0.3, 0.4) is 0 Å². The third-order valence-corrected chi connectivity index (χ3v) is 5.77. The van der Waals surface area contributed by atoms with Crippen molar-refractivity contribution in [1.82, 2.24) is 0 Å². The van der Waals surface area contributed by atoms with Gasteiger partial charge in [0.2, 0.25) is 0 Å². The smallest absolute Gasteiger partial charge is 0.164 e. The van der Waals surface area contributed by atoms with Gasteiger partial charge in [-0.15, -0.1) is 0 Å². The Morgan fingerprint density at radius 3 is 2.40 bits per heavy atom. The SMILES string of the molecule is Cc1cc2c(cc1C)-c1ccc3c(c1C(C)O2)C(C)C(=O)C(C)(C)N3. The molecule has 2 aromatic rings. The molecule has 0 saturated carbocycles. The first-order valence-electron chi connectivity index (χ1n) is 8.98. The predicted molar refractivity (Wildman–Crippen MR) is 102 cm³/mol. The van der Waals surface area contributed by atoms with Crippen molar-refractivity contribution in [1.29, 1.82) is 0 Å². The molecule has 0 aromatic heterocycles. The standard InChI is InChI=1S/C22H25NO2/c1-11-9-16-15-7-8-17-19(13(3)21(24)22(5,6)23-17)20(15)14(4)25-18(16)10-12(11)2/h7-10,13-14,23H,1-6H3. The van der Waals surface area contributed by atoms with Crippen LogP contribution in [0.4, 0.5) is 5.69 Å². The first-order valence-corrected chi connectivity index (χ1v) is 8.98. The molecule has 130 valence electrons. The number of ether oxygens (including phenoxy) is 1. The number of aryl methyl sites for hydroxylation is 2. The maximum atomic E-state index is 12.8. The molecule has 2 aliphatic heterocycles. The molecule has 0 amide bonds. The van der Waals surface area contributed by atoms with Gasteiger partial charge in [-0.25, -0.2) is 0 Å². The van der Waals surface area contributed by atoms with E-state index in [1.54, 1.807) is 0 Å². The molecule has 0 aliphatic carbocycles. The van der Waals surface area contributed by atoms with E-state index in [0.29, 0.717) is 0 Å². The highest BCUT2D eigenvalue weighted by Crippen LogP contribution is 2.50. The molecule has 1 N–H and O–H groups in total. The highest BCUT2D eigenvalue weighted by Gasteiger charge is 2.41. The summed E-state index contributed by atoms with van der Waals surface area (Å²) in [7, 11) is 0. The fraction of sp³-hybridized carbons (Fsp3) is 0.409. The Bertz CT molecular complexity index is 911. The van der Waals surface area contributed by atoms with Crippen LogP contribution in [-0.4, -0.2) is 11.3 Å². The Morgan fingerprint density at radius 2 is 1.68 bits per heavy atom. The molecule has 0 saturated heterocycles. The number of fused-ring (bicyclic) bond motifs is 5.